The van der Waals surface area contributed by atoms with Gasteiger partial charge >= 0.3 is 5.97 Å². The number of amides is 1. The van der Waals surface area contributed by atoms with E-state index < -0.39 is 5.97 Å². The van der Waals surface area contributed by atoms with Gasteiger partial charge in [0.2, 0.25) is 0 Å². The molecule has 0 radical (unpaired) electrons. The van der Waals surface area contributed by atoms with Crippen molar-refractivity contribution < 1.29 is 24.2 Å². The summed E-state index contributed by atoms with van der Waals surface area (Å²) >= 11 is 0. The molecular weight excluding hydrogens is 358 g/mol. The van der Waals surface area contributed by atoms with Crippen LogP contribution in [0.4, 0.5) is 0 Å². The molecule has 0 heterocycles. The fourth-order valence-corrected chi connectivity index (χ4v) is 3.03. The maximum atomic E-state index is 12.0. The first kappa shape index (κ1) is 19.4. The lowest BCUT2D eigenvalue weighted by Crippen LogP contribution is -2.28. The van der Waals surface area contributed by atoms with Crippen molar-refractivity contribution in [1.29, 1.82) is 0 Å². The van der Waals surface area contributed by atoms with Crippen LogP contribution in [0.15, 0.2) is 48.5 Å². The molecule has 0 aromatic heterocycles. The maximum absolute atomic E-state index is 12.0. The number of hydrogen-bond acceptors (Lipinski definition) is 4. The van der Waals surface area contributed by atoms with Crippen LogP contribution in [0.3, 0.4) is 0 Å². The van der Waals surface area contributed by atoms with E-state index in [1.807, 2.05) is 18.2 Å². The SMILES string of the molecule is O=C(O)/C=C/c1ccc(CNC(=O)COc2ccc3c(c2)CCCC3=O)cc1. The van der Waals surface area contributed by atoms with Gasteiger partial charge in [-0.05, 0) is 53.8 Å². The molecule has 0 atom stereocenters. The smallest absolute Gasteiger partial charge is 0.328 e. The monoisotopic (exact) mass is 379 g/mol. The summed E-state index contributed by atoms with van der Waals surface area (Å²) in [5.41, 5.74) is 3.40. The molecule has 2 N–H and O–H groups in total. The minimum atomic E-state index is -0.998. The molecule has 0 aliphatic heterocycles. The first-order valence-corrected chi connectivity index (χ1v) is 9.07. The van der Waals surface area contributed by atoms with Crippen LogP contribution in [-0.4, -0.2) is 29.4 Å². The van der Waals surface area contributed by atoms with Crippen molar-refractivity contribution in [2.75, 3.05) is 6.61 Å². The lowest BCUT2D eigenvalue weighted by molar-refractivity contribution is -0.131. The predicted molar refractivity (Wildman–Crippen MR) is 104 cm³/mol. The van der Waals surface area contributed by atoms with Gasteiger partial charge in [0.1, 0.15) is 5.75 Å². The Kier molecular flexibility index (Phi) is 6.22. The highest BCUT2D eigenvalue weighted by molar-refractivity contribution is 5.98. The molecule has 0 spiro atoms. The number of aryl methyl sites for hydroxylation is 1. The predicted octanol–water partition coefficient (Wildman–Crippen LogP) is 3.00. The van der Waals surface area contributed by atoms with Gasteiger partial charge in [-0.3, -0.25) is 9.59 Å². The molecule has 144 valence electrons. The third-order valence-electron chi connectivity index (χ3n) is 4.48. The van der Waals surface area contributed by atoms with E-state index in [0.29, 0.717) is 18.7 Å². The van der Waals surface area contributed by atoms with E-state index in [1.165, 1.54) is 6.08 Å². The molecule has 6 nitrogen and oxygen atoms in total. The van der Waals surface area contributed by atoms with Crippen molar-refractivity contribution in [3.63, 3.8) is 0 Å². The average molecular weight is 379 g/mol. The van der Waals surface area contributed by atoms with Gasteiger partial charge in [0, 0.05) is 24.6 Å². The number of carbonyl (C=O) groups excluding carboxylic acids is 2. The number of rotatable bonds is 7. The number of carbonyl (C=O) groups is 3. The molecule has 3 rings (SSSR count). The Bertz CT molecular complexity index is 915. The third-order valence-corrected chi connectivity index (χ3v) is 4.48. The van der Waals surface area contributed by atoms with Crippen LogP contribution in [0, 0.1) is 0 Å². The highest BCUT2D eigenvalue weighted by Crippen LogP contribution is 2.25. The Labute approximate surface area is 162 Å². The molecule has 6 heteroatoms. The Morgan fingerprint density at radius 2 is 1.89 bits per heavy atom. The van der Waals surface area contributed by atoms with E-state index in [9.17, 15) is 14.4 Å². The highest BCUT2D eigenvalue weighted by Gasteiger charge is 2.17. The van der Waals surface area contributed by atoms with Crippen LogP contribution in [-0.2, 0) is 22.6 Å². The molecule has 28 heavy (non-hydrogen) atoms. The molecule has 2 aromatic carbocycles. The molecule has 1 aliphatic carbocycles. The Morgan fingerprint density at radius 3 is 2.64 bits per heavy atom. The van der Waals surface area contributed by atoms with Crippen molar-refractivity contribution in [3.8, 4) is 5.75 Å². The van der Waals surface area contributed by atoms with Crippen LogP contribution in [0.25, 0.3) is 6.08 Å². The number of nitrogens with one attached hydrogen (secondary N) is 1. The first-order chi connectivity index (χ1) is 13.5. The highest BCUT2D eigenvalue weighted by atomic mass is 16.5. The average Bonchev–Trinajstić information content (AvgIpc) is 2.70. The quantitative estimate of drug-likeness (QED) is 0.722. The van der Waals surface area contributed by atoms with Gasteiger partial charge in [0.15, 0.2) is 12.4 Å². The van der Waals surface area contributed by atoms with Gasteiger partial charge in [0.05, 0.1) is 0 Å². The molecule has 0 saturated carbocycles. The number of ketones is 1. The standard InChI is InChI=1S/C22H21NO5/c24-20-3-1-2-17-12-18(9-10-19(17)20)28-14-21(25)23-13-16-6-4-15(5-7-16)8-11-22(26)27/h4-12H,1-3,13-14H2,(H,23,25)(H,26,27)/b11-8+. The number of Topliss-reactive ketones (excluding diaryl/α,β-unsaturated/α-hetero) is 1. The zero-order valence-electron chi connectivity index (χ0n) is 15.3. The van der Waals surface area contributed by atoms with Crippen LogP contribution >= 0.6 is 0 Å². The summed E-state index contributed by atoms with van der Waals surface area (Å²) in [7, 11) is 0. The van der Waals surface area contributed by atoms with Crippen LogP contribution in [0.5, 0.6) is 5.75 Å². The summed E-state index contributed by atoms with van der Waals surface area (Å²) in [5.74, 6) is -0.501. The molecule has 1 amide bonds. The van der Waals surface area contributed by atoms with E-state index in [2.05, 4.69) is 5.32 Å². The van der Waals surface area contributed by atoms with Crippen molar-refractivity contribution in [3.05, 3.63) is 70.8 Å². The largest absolute Gasteiger partial charge is 0.484 e. The summed E-state index contributed by atoms with van der Waals surface area (Å²) in [6, 6.07) is 12.5. The minimum absolute atomic E-state index is 0.105. The molecule has 1 aliphatic rings. The summed E-state index contributed by atoms with van der Waals surface area (Å²) in [6.45, 7) is 0.246. The van der Waals surface area contributed by atoms with E-state index in [-0.39, 0.29) is 18.3 Å². The van der Waals surface area contributed by atoms with Crippen molar-refractivity contribution in [1.82, 2.24) is 5.32 Å². The number of aliphatic carboxylic acids is 1. The zero-order chi connectivity index (χ0) is 19.9. The van der Waals surface area contributed by atoms with Gasteiger partial charge in [-0.15, -0.1) is 0 Å². The second kappa shape index (κ2) is 8.99. The number of hydrogen-bond donors (Lipinski definition) is 2. The normalized spacial score (nSPS) is 13.2. The van der Waals surface area contributed by atoms with Gasteiger partial charge in [-0.1, -0.05) is 24.3 Å². The van der Waals surface area contributed by atoms with Gasteiger partial charge in [0.25, 0.3) is 5.91 Å². The summed E-state index contributed by atoms with van der Waals surface area (Å²) in [4.78, 5) is 34.3. The number of carboxylic acid groups (broad SMARTS) is 1. The van der Waals surface area contributed by atoms with Gasteiger partial charge in [-0.25, -0.2) is 4.79 Å². The number of carboxylic acids is 1. The first-order valence-electron chi connectivity index (χ1n) is 9.07. The van der Waals surface area contributed by atoms with E-state index in [4.69, 9.17) is 9.84 Å². The molecular formula is C22H21NO5. The topological polar surface area (TPSA) is 92.7 Å². The second-order valence-electron chi connectivity index (χ2n) is 6.57. The van der Waals surface area contributed by atoms with Crippen LogP contribution in [0.1, 0.15) is 39.9 Å². The molecule has 0 saturated heterocycles. The molecule has 0 fully saturated rings. The Hall–Kier alpha value is -3.41. The summed E-state index contributed by atoms with van der Waals surface area (Å²) < 4.78 is 5.54. The fourth-order valence-electron chi connectivity index (χ4n) is 3.03. The minimum Gasteiger partial charge on any atom is -0.484 e. The van der Waals surface area contributed by atoms with E-state index in [1.54, 1.807) is 24.3 Å². The van der Waals surface area contributed by atoms with Crippen molar-refractivity contribution >= 4 is 23.7 Å². The number of fused-ring (bicyclic) bond motifs is 1. The van der Waals surface area contributed by atoms with E-state index >= 15 is 0 Å². The van der Waals surface area contributed by atoms with Crippen molar-refractivity contribution in [2.24, 2.45) is 0 Å². The number of ether oxygens (including phenoxy) is 1. The lowest BCUT2D eigenvalue weighted by atomic mass is 9.91. The van der Waals surface area contributed by atoms with E-state index in [0.717, 1.165) is 41.2 Å². The van der Waals surface area contributed by atoms with Gasteiger partial charge < -0.3 is 15.2 Å². The Morgan fingerprint density at radius 1 is 1.11 bits per heavy atom. The molecule has 0 unspecified atom stereocenters. The van der Waals surface area contributed by atoms with Crippen LogP contribution in [0.2, 0.25) is 0 Å². The fraction of sp³-hybridized carbons (Fsp3) is 0.227. The zero-order valence-corrected chi connectivity index (χ0v) is 15.3. The van der Waals surface area contributed by atoms with Gasteiger partial charge in [-0.2, -0.15) is 0 Å². The van der Waals surface area contributed by atoms with Crippen molar-refractivity contribution in [2.45, 2.75) is 25.8 Å². The summed E-state index contributed by atoms with van der Waals surface area (Å²) in [6.07, 6.45) is 4.87. The lowest BCUT2D eigenvalue weighted by Gasteiger charge is -2.16. The maximum Gasteiger partial charge on any atom is 0.328 e. The van der Waals surface area contributed by atoms with Crippen LogP contribution < -0.4 is 10.1 Å². The Balaban J connectivity index is 1.47. The summed E-state index contributed by atoms with van der Waals surface area (Å²) in [5, 5.41) is 11.4. The molecule has 2 aromatic rings. The molecule has 0 bridgehead atoms. The second-order valence-corrected chi connectivity index (χ2v) is 6.57. The number of benzene rings is 2. The third kappa shape index (κ3) is 5.30.